The average Bonchev–Trinajstić information content (AvgIpc) is 2.91. The van der Waals surface area contributed by atoms with Crippen molar-refractivity contribution >= 4 is 23.2 Å². The minimum Gasteiger partial charge on any atom is -0.489 e. The number of hydrogen-bond acceptors (Lipinski definition) is 6. The highest BCUT2D eigenvalue weighted by atomic mass is 35.5. The van der Waals surface area contributed by atoms with E-state index < -0.39 is 0 Å². The number of ether oxygens (including phenoxy) is 3. The molecule has 204 valence electrons. The van der Waals surface area contributed by atoms with Crippen LogP contribution in [0.25, 0.3) is 0 Å². The van der Waals surface area contributed by atoms with Gasteiger partial charge >= 0.3 is 0 Å². The first-order valence-electron chi connectivity index (χ1n) is 13.1. The van der Waals surface area contributed by atoms with Gasteiger partial charge in [0.1, 0.15) is 17.9 Å². The third kappa shape index (κ3) is 5.36. The van der Waals surface area contributed by atoms with Crippen LogP contribution in [0.2, 0.25) is 5.02 Å². The smallest absolute Gasteiger partial charge is 0.251 e. The van der Waals surface area contributed by atoms with Crippen LogP contribution in [0.3, 0.4) is 0 Å². The minimum absolute atomic E-state index is 0.0884. The van der Waals surface area contributed by atoms with E-state index in [9.17, 15) is 4.79 Å². The molecule has 2 aromatic carbocycles. The van der Waals surface area contributed by atoms with E-state index in [1.54, 1.807) is 32.4 Å². The van der Waals surface area contributed by atoms with Gasteiger partial charge in [0.05, 0.1) is 10.6 Å². The number of piperidine rings is 1. The second-order valence-corrected chi connectivity index (χ2v) is 11.9. The Bertz CT molecular complexity index is 1160. The maximum absolute atomic E-state index is 13.2. The van der Waals surface area contributed by atoms with Crippen molar-refractivity contribution in [2.24, 2.45) is 16.7 Å². The SMILES string of the molecule is COC(OC)C1CCN(c2ccc(C(=O)N[C@H]3C(C)(C)[C@H](Oc4ccc(C#N)c(Cl)c4)C3(C)C)cc2)CC1. The van der Waals surface area contributed by atoms with Gasteiger partial charge in [0.2, 0.25) is 0 Å². The molecular formula is C30H38ClN3O4. The summed E-state index contributed by atoms with van der Waals surface area (Å²) in [6.45, 7) is 10.3. The van der Waals surface area contributed by atoms with Crippen LogP contribution in [-0.2, 0) is 9.47 Å². The number of nitrogens with zero attached hydrogens (tertiary/aromatic N) is 2. The van der Waals surface area contributed by atoms with Gasteiger partial charge in [0.25, 0.3) is 5.91 Å². The van der Waals surface area contributed by atoms with E-state index in [0.29, 0.717) is 27.8 Å². The van der Waals surface area contributed by atoms with Gasteiger partial charge in [-0.3, -0.25) is 4.79 Å². The number of carbonyl (C=O) groups excluding carboxylic acids is 1. The fourth-order valence-corrected chi connectivity index (χ4v) is 6.76. The van der Waals surface area contributed by atoms with Gasteiger partial charge in [-0.15, -0.1) is 0 Å². The molecule has 1 amide bonds. The first kappa shape index (κ1) is 28.2. The van der Waals surface area contributed by atoms with E-state index >= 15 is 0 Å². The van der Waals surface area contributed by atoms with Gasteiger partial charge in [0, 0.05) is 67.4 Å². The van der Waals surface area contributed by atoms with E-state index in [1.807, 2.05) is 24.3 Å². The van der Waals surface area contributed by atoms with E-state index in [1.165, 1.54) is 0 Å². The van der Waals surface area contributed by atoms with Gasteiger partial charge in [-0.25, -0.2) is 0 Å². The van der Waals surface area contributed by atoms with E-state index in [0.717, 1.165) is 31.6 Å². The molecule has 0 bridgehead atoms. The lowest BCUT2D eigenvalue weighted by Crippen LogP contribution is -2.74. The molecule has 8 heteroatoms. The first-order valence-corrected chi connectivity index (χ1v) is 13.5. The van der Waals surface area contributed by atoms with Crippen molar-refractivity contribution in [2.75, 3.05) is 32.2 Å². The maximum Gasteiger partial charge on any atom is 0.251 e. The molecule has 0 aromatic heterocycles. The van der Waals surface area contributed by atoms with Crippen LogP contribution in [0.1, 0.15) is 56.5 Å². The Morgan fingerprint density at radius 2 is 1.66 bits per heavy atom. The van der Waals surface area contributed by atoms with Gasteiger partial charge in [-0.2, -0.15) is 5.26 Å². The van der Waals surface area contributed by atoms with Gasteiger partial charge < -0.3 is 24.4 Å². The van der Waals surface area contributed by atoms with E-state index in [2.05, 4.69) is 44.0 Å². The Balaban J connectivity index is 1.37. The zero-order chi connectivity index (χ0) is 27.7. The molecule has 0 spiro atoms. The second-order valence-electron chi connectivity index (χ2n) is 11.5. The molecule has 2 aromatic rings. The summed E-state index contributed by atoms with van der Waals surface area (Å²) in [4.78, 5) is 15.6. The molecule has 1 aliphatic carbocycles. The largest absolute Gasteiger partial charge is 0.489 e. The van der Waals surface area contributed by atoms with E-state index in [4.69, 9.17) is 31.1 Å². The van der Waals surface area contributed by atoms with Crippen molar-refractivity contribution in [2.45, 2.75) is 59.0 Å². The Labute approximate surface area is 231 Å². The normalized spacial score (nSPS) is 22.4. The average molecular weight is 540 g/mol. The van der Waals surface area contributed by atoms with Gasteiger partial charge in [-0.1, -0.05) is 39.3 Å². The summed E-state index contributed by atoms with van der Waals surface area (Å²) in [5.41, 5.74) is 1.54. The molecule has 2 aliphatic rings. The summed E-state index contributed by atoms with van der Waals surface area (Å²) in [5.74, 6) is 0.913. The lowest BCUT2D eigenvalue weighted by molar-refractivity contribution is -0.164. The number of anilines is 1. The predicted molar refractivity (Wildman–Crippen MR) is 149 cm³/mol. The Kier molecular flexibility index (Phi) is 8.27. The number of methoxy groups -OCH3 is 2. The first-order chi connectivity index (χ1) is 18.0. The molecule has 7 nitrogen and oxygen atoms in total. The number of nitrogens with one attached hydrogen (secondary N) is 1. The molecule has 1 N–H and O–H groups in total. The van der Waals surface area contributed by atoms with Crippen LogP contribution >= 0.6 is 11.6 Å². The molecule has 4 rings (SSSR count). The van der Waals surface area contributed by atoms with Crippen LogP contribution in [0.4, 0.5) is 5.69 Å². The van der Waals surface area contributed by atoms with Crippen molar-refractivity contribution in [1.82, 2.24) is 5.32 Å². The summed E-state index contributed by atoms with van der Waals surface area (Å²) in [6, 6.07) is 14.9. The number of amides is 1. The van der Waals surface area contributed by atoms with E-state index in [-0.39, 0.29) is 35.2 Å². The quantitative estimate of drug-likeness (QED) is 0.436. The number of benzene rings is 2. The molecule has 1 saturated heterocycles. The molecule has 0 radical (unpaired) electrons. The fraction of sp³-hybridized carbons (Fsp3) is 0.533. The highest BCUT2D eigenvalue weighted by Crippen LogP contribution is 2.55. The molecule has 0 unspecified atom stereocenters. The zero-order valence-corrected chi connectivity index (χ0v) is 23.8. The minimum atomic E-state index is -0.313. The standard InChI is InChI=1S/C30H38ClN3O4/c1-29(2)27(30(3,4)28(29)38-23-12-9-21(18-32)24(31)17-23)33-25(35)19-7-10-22(11-8-19)34-15-13-20(14-16-34)26(36-5)37-6/h7-12,17,20,26-28H,13-16H2,1-6H3,(H,33,35)/t27-,28-. The third-order valence-corrected chi connectivity index (χ3v) is 8.63. The topological polar surface area (TPSA) is 83.8 Å². The molecule has 1 aliphatic heterocycles. The van der Waals surface area contributed by atoms with Crippen LogP contribution in [0.5, 0.6) is 5.75 Å². The number of halogens is 1. The Hall–Kier alpha value is -2.79. The van der Waals surface area contributed by atoms with Crippen molar-refractivity contribution in [1.29, 1.82) is 5.26 Å². The van der Waals surface area contributed by atoms with Crippen LogP contribution in [0, 0.1) is 28.1 Å². The summed E-state index contributed by atoms with van der Waals surface area (Å²) in [5, 5.41) is 12.8. The summed E-state index contributed by atoms with van der Waals surface area (Å²) >= 11 is 6.20. The Morgan fingerprint density at radius 3 is 2.18 bits per heavy atom. The zero-order valence-electron chi connectivity index (χ0n) is 23.1. The van der Waals surface area contributed by atoms with Crippen molar-refractivity contribution < 1.29 is 19.0 Å². The molecule has 1 heterocycles. The molecule has 0 atom stereocenters. The number of nitriles is 1. The molecule has 38 heavy (non-hydrogen) atoms. The monoisotopic (exact) mass is 539 g/mol. The van der Waals surface area contributed by atoms with Gasteiger partial charge in [-0.05, 0) is 49.2 Å². The lowest BCUT2D eigenvalue weighted by Gasteiger charge is -2.63. The fourth-order valence-electron chi connectivity index (χ4n) is 6.54. The van der Waals surface area contributed by atoms with Gasteiger partial charge in [0.15, 0.2) is 6.29 Å². The van der Waals surface area contributed by atoms with Crippen molar-refractivity contribution in [3.63, 3.8) is 0 Å². The highest BCUT2D eigenvalue weighted by molar-refractivity contribution is 6.31. The predicted octanol–water partition coefficient (Wildman–Crippen LogP) is 5.66. The molecule has 1 saturated carbocycles. The number of rotatable bonds is 8. The third-order valence-electron chi connectivity index (χ3n) is 8.31. The summed E-state index contributed by atoms with van der Waals surface area (Å²) in [7, 11) is 3.38. The van der Waals surface area contributed by atoms with Crippen molar-refractivity contribution in [3.8, 4) is 11.8 Å². The second kappa shape index (κ2) is 11.1. The Morgan fingerprint density at radius 1 is 1.05 bits per heavy atom. The maximum atomic E-state index is 13.2. The molecular weight excluding hydrogens is 502 g/mol. The highest BCUT2D eigenvalue weighted by Gasteiger charge is 2.64. The lowest BCUT2D eigenvalue weighted by atomic mass is 9.49. The summed E-state index contributed by atoms with van der Waals surface area (Å²) in [6.07, 6.45) is 1.69. The number of hydrogen-bond donors (Lipinski definition) is 1. The molecule has 2 fully saturated rings. The number of carbonyl (C=O) groups is 1. The summed E-state index contributed by atoms with van der Waals surface area (Å²) < 4.78 is 17.2. The van der Waals surface area contributed by atoms with Crippen LogP contribution in [0.15, 0.2) is 42.5 Å². The van der Waals surface area contributed by atoms with Crippen LogP contribution in [-0.4, -0.2) is 51.7 Å². The van der Waals surface area contributed by atoms with Crippen LogP contribution < -0.4 is 15.0 Å². The van der Waals surface area contributed by atoms with Crippen molar-refractivity contribution in [3.05, 3.63) is 58.6 Å².